The summed E-state index contributed by atoms with van der Waals surface area (Å²) in [6.07, 6.45) is -3.66. The number of nitrogens with zero attached hydrogens (tertiary/aromatic N) is 1. The second-order valence-electron chi connectivity index (χ2n) is 5.86. The molecule has 1 aliphatic heterocycles. The lowest BCUT2D eigenvalue weighted by atomic mass is 9.99. The molecule has 8 nitrogen and oxygen atoms in total. The molecular formula is C16H17F3N2O6S. The van der Waals surface area contributed by atoms with Gasteiger partial charge in [0.2, 0.25) is 0 Å². The highest BCUT2D eigenvalue weighted by Gasteiger charge is 2.36. The van der Waals surface area contributed by atoms with Gasteiger partial charge < -0.3 is 9.84 Å². The Balaban J connectivity index is 2.30. The van der Waals surface area contributed by atoms with E-state index in [2.05, 4.69) is 9.46 Å². The molecule has 1 aromatic rings. The van der Waals surface area contributed by atoms with E-state index in [1.807, 2.05) is 0 Å². The fourth-order valence-electron chi connectivity index (χ4n) is 2.54. The maximum absolute atomic E-state index is 12.7. The fraction of sp³-hybridized carbons (Fsp3) is 0.375. The van der Waals surface area contributed by atoms with Crippen LogP contribution in [0.4, 0.5) is 13.2 Å². The molecule has 0 amide bonds. The van der Waals surface area contributed by atoms with Crippen LogP contribution in [0.15, 0.2) is 36.0 Å². The Hall–Kier alpha value is -2.60. The van der Waals surface area contributed by atoms with E-state index < -0.39 is 39.9 Å². The Morgan fingerprint density at radius 2 is 1.86 bits per heavy atom. The number of benzene rings is 1. The molecule has 1 atom stereocenters. The lowest BCUT2D eigenvalue weighted by molar-refractivity contribution is -0.141. The maximum atomic E-state index is 12.7. The first-order valence-corrected chi connectivity index (χ1v) is 9.38. The number of hydrogen-bond donors (Lipinski definition) is 2. The summed E-state index contributed by atoms with van der Waals surface area (Å²) >= 11 is 0. The van der Waals surface area contributed by atoms with Gasteiger partial charge in [-0.25, -0.2) is 4.79 Å². The number of carboxylic acids is 1. The standard InChI is InChI=1S/C16H17F3N2O6S/c1-27-13(22)3-2-8-21-9-12(15(23)24)14(20-28(21,25)26)10-4-6-11(7-5-10)16(17,18)19/h4-7,9,14,20H,2-3,8H2,1H3,(H,23,24). The van der Waals surface area contributed by atoms with Crippen LogP contribution in [0.5, 0.6) is 0 Å². The van der Waals surface area contributed by atoms with E-state index in [9.17, 15) is 36.3 Å². The number of alkyl halides is 3. The molecule has 0 bridgehead atoms. The third-order valence-corrected chi connectivity index (χ3v) is 5.41. The summed E-state index contributed by atoms with van der Waals surface area (Å²) in [5.74, 6) is -1.99. The van der Waals surface area contributed by atoms with Crippen LogP contribution < -0.4 is 4.72 Å². The molecule has 154 valence electrons. The summed E-state index contributed by atoms with van der Waals surface area (Å²) in [6.45, 7) is -0.180. The van der Waals surface area contributed by atoms with Crippen LogP contribution in [0.1, 0.15) is 30.0 Å². The Kier molecular flexibility index (Phi) is 6.34. The summed E-state index contributed by atoms with van der Waals surface area (Å²) in [4.78, 5) is 22.7. The van der Waals surface area contributed by atoms with Crippen LogP contribution in [-0.2, 0) is 30.7 Å². The van der Waals surface area contributed by atoms with Gasteiger partial charge in [-0.2, -0.15) is 26.3 Å². The topological polar surface area (TPSA) is 113 Å². The second kappa shape index (κ2) is 8.19. The molecule has 1 aliphatic rings. The Labute approximate surface area is 158 Å². The summed E-state index contributed by atoms with van der Waals surface area (Å²) < 4.78 is 70.2. The van der Waals surface area contributed by atoms with Crippen LogP contribution in [0, 0.1) is 0 Å². The molecule has 1 unspecified atom stereocenters. The van der Waals surface area contributed by atoms with Crippen LogP contribution in [0.25, 0.3) is 0 Å². The number of esters is 1. The number of aliphatic carboxylic acids is 1. The molecule has 0 saturated carbocycles. The van der Waals surface area contributed by atoms with Gasteiger partial charge in [-0.1, -0.05) is 12.1 Å². The normalized spacial score (nSPS) is 19.1. The SMILES string of the molecule is COC(=O)CCCN1C=C(C(=O)O)C(c2ccc(C(F)(F)F)cc2)NS1(=O)=O. The van der Waals surface area contributed by atoms with Crippen molar-refractivity contribution in [1.29, 1.82) is 0 Å². The molecule has 0 aliphatic carbocycles. The third kappa shape index (κ3) is 5.01. The van der Waals surface area contributed by atoms with Crippen molar-refractivity contribution >= 4 is 22.1 Å². The summed E-state index contributed by atoms with van der Waals surface area (Å²) in [7, 11) is -2.98. The predicted molar refractivity (Wildman–Crippen MR) is 89.9 cm³/mol. The molecule has 1 heterocycles. The van der Waals surface area contributed by atoms with Gasteiger partial charge in [0.15, 0.2) is 0 Å². The number of carbonyl (C=O) groups excluding carboxylic acids is 1. The first-order valence-electron chi connectivity index (χ1n) is 7.94. The highest BCUT2D eigenvalue weighted by Crippen LogP contribution is 2.33. The van der Waals surface area contributed by atoms with Crippen LogP contribution >= 0.6 is 0 Å². The molecule has 12 heteroatoms. The Morgan fingerprint density at radius 3 is 2.36 bits per heavy atom. The van der Waals surface area contributed by atoms with Crippen molar-refractivity contribution in [2.24, 2.45) is 0 Å². The number of hydrogen-bond acceptors (Lipinski definition) is 5. The Morgan fingerprint density at radius 1 is 1.25 bits per heavy atom. The minimum Gasteiger partial charge on any atom is -0.478 e. The van der Waals surface area contributed by atoms with Gasteiger partial charge in [0.05, 0.1) is 24.3 Å². The van der Waals surface area contributed by atoms with E-state index in [1.165, 1.54) is 7.11 Å². The van der Waals surface area contributed by atoms with E-state index >= 15 is 0 Å². The number of carbonyl (C=O) groups is 2. The number of halogens is 3. The highest BCUT2D eigenvalue weighted by molar-refractivity contribution is 7.87. The average Bonchev–Trinajstić information content (AvgIpc) is 2.61. The molecule has 0 saturated heterocycles. The van der Waals surface area contributed by atoms with E-state index in [0.717, 1.165) is 34.8 Å². The average molecular weight is 422 g/mol. The van der Waals surface area contributed by atoms with E-state index in [-0.39, 0.29) is 30.5 Å². The van der Waals surface area contributed by atoms with Crippen molar-refractivity contribution < 1.29 is 41.0 Å². The van der Waals surface area contributed by atoms with Crippen molar-refractivity contribution in [1.82, 2.24) is 9.03 Å². The van der Waals surface area contributed by atoms with Gasteiger partial charge in [-0.15, -0.1) is 0 Å². The highest BCUT2D eigenvalue weighted by atomic mass is 32.2. The molecule has 0 aromatic heterocycles. The molecule has 2 N–H and O–H groups in total. The lowest BCUT2D eigenvalue weighted by Gasteiger charge is -2.31. The number of ether oxygens (including phenoxy) is 1. The van der Waals surface area contributed by atoms with E-state index in [1.54, 1.807) is 0 Å². The lowest BCUT2D eigenvalue weighted by Crippen LogP contribution is -2.46. The maximum Gasteiger partial charge on any atom is 0.416 e. The molecule has 28 heavy (non-hydrogen) atoms. The van der Waals surface area contributed by atoms with Gasteiger partial charge in [0, 0.05) is 19.2 Å². The van der Waals surface area contributed by atoms with Crippen molar-refractivity contribution in [3.8, 4) is 0 Å². The van der Waals surface area contributed by atoms with Crippen LogP contribution in [-0.4, -0.2) is 43.4 Å². The quantitative estimate of drug-likeness (QED) is 0.677. The first-order chi connectivity index (χ1) is 13.0. The van der Waals surface area contributed by atoms with Crippen molar-refractivity contribution in [2.75, 3.05) is 13.7 Å². The van der Waals surface area contributed by atoms with Crippen LogP contribution in [0.3, 0.4) is 0 Å². The monoisotopic (exact) mass is 422 g/mol. The first kappa shape index (κ1) is 21.7. The van der Waals surface area contributed by atoms with Crippen molar-refractivity contribution in [2.45, 2.75) is 25.1 Å². The van der Waals surface area contributed by atoms with E-state index in [4.69, 9.17) is 0 Å². The van der Waals surface area contributed by atoms with Crippen molar-refractivity contribution in [3.63, 3.8) is 0 Å². The minimum absolute atomic E-state index is 0.0411. The molecular weight excluding hydrogens is 405 g/mol. The number of nitrogens with one attached hydrogen (secondary N) is 1. The van der Waals surface area contributed by atoms with Gasteiger partial charge in [-0.05, 0) is 24.1 Å². The number of carboxylic acid groups (broad SMARTS) is 1. The second-order valence-corrected chi connectivity index (χ2v) is 7.51. The molecule has 2 rings (SSSR count). The number of methoxy groups -OCH3 is 1. The van der Waals surface area contributed by atoms with Gasteiger partial charge in [-0.3, -0.25) is 9.10 Å². The molecule has 0 radical (unpaired) electrons. The largest absolute Gasteiger partial charge is 0.478 e. The summed E-state index contributed by atoms with van der Waals surface area (Å²) in [6, 6.07) is 2.15. The molecule has 1 aromatic carbocycles. The zero-order valence-corrected chi connectivity index (χ0v) is 15.4. The predicted octanol–water partition coefficient (Wildman–Crippen LogP) is 1.82. The smallest absolute Gasteiger partial charge is 0.416 e. The fourth-order valence-corrected chi connectivity index (χ4v) is 3.85. The number of rotatable bonds is 6. The molecule has 0 spiro atoms. The third-order valence-electron chi connectivity index (χ3n) is 3.97. The van der Waals surface area contributed by atoms with Gasteiger partial charge in [0.25, 0.3) is 0 Å². The Bertz CT molecular complexity index is 881. The van der Waals surface area contributed by atoms with Gasteiger partial charge >= 0.3 is 28.3 Å². The zero-order chi connectivity index (χ0) is 21.1. The molecule has 0 fully saturated rings. The van der Waals surface area contributed by atoms with E-state index in [0.29, 0.717) is 0 Å². The van der Waals surface area contributed by atoms with Crippen LogP contribution in [0.2, 0.25) is 0 Å². The van der Waals surface area contributed by atoms with Crippen molar-refractivity contribution in [3.05, 3.63) is 47.2 Å². The summed E-state index contributed by atoms with van der Waals surface area (Å²) in [5.41, 5.74) is -1.27. The minimum atomic E-state index is -4.58. The summed E-state index contributed by atoms with van der Waals surface area (Å²) in [5, 5.41) is 9.41. The zero-order valence-electron chi connectivity index (χ0n) is 14.6. The van der Waals surface area contributed by atoms with Gasteiger partial charge in [0.1, 0.15) is 0 Å².